The summed E-state index contributed by atoms with van der Waals surface area (Å²) in [4.78, 5) is 0. The van der Waals surface area contributed by atoms with E-state index in [9.17, 15) is 4.39 Å². The predicted octanol–water partition coefficient (Wildman–Crippen LogP) is 4.56. The molecule has 0 fully saturated rings. The van der Waals surface area contributed by atoms with Crippen molar-refractivity contribution >= 4 is 15.9 Å². The molecule has 0 saturated carbocycles. The first-order valence-electron chi connectivity index (χ1n) is 5.37. The van der Waals surface area contributed by atoms with E-state index in [0.717, 1.165) is 17.3 Å². The first-order valence-corrected chi connectivity index (χ1v) is 6.49. The Labute approximate surface area is 108 Å². The average Bonchev–Trinajstić information content (AvgIpc) is 2.35. The molecule has 0 bridgehead atoms. The maximum absolute atomic E-state index is 13.6. The van der Waals surface area contributed by atoms with Gasteiger partial charge in [-0.1, -0.05) is 40.2 Å². The summed E-state index contributed by atoms with van der Waals surface area (Å²) >= 11 is 3.36. The normalized spacial score (nSPS) is 10.2. The van der Waals surface area contributed by atoms with E-state index >= 15 is 0 Å². The van der Waals surface area contributed by atoms with Gasteiger partial charge in [-0.15, -0.1) is 0 Å². The third-order valence-electron chi connectivity index (χ3n) is 2.35. The minimum atomic E-state index is -0.341. The molecule has 0 N–H and O–H groups in total. The smallest absolute Gasteiger partial charge is 0.165 e. The maximum Gasteiger partial charge on any atom is 0.165 e. The van der Waals surface area contributed by atoms with Crippen molar-refractivity contribution in [1.82, 2.24) is 0 Å². The van der Waals surface area contributed by atoms with Crippen LogP contribution in [0.15, 0.2) is 48.5 Å². The van der Waals surface area contributed by atoms with Crippen LogP contribution in [-0.2, 0) is 6.42 Å². The molecule has 0 atom stereocenters. The van der Waals surface area contributed by atoms with Gasteiger partial charge in [-0.05, 0) is 36.2 Å². The van der Waals surface area contributed by atoms with Gasteiger partial charge < -0.3 is 4.74 Å². The zero-order valence-corrected chi connectivity index (χ0v) is 10.8. The molecule has 1 nitrogen and oxygen atoms in total. The molecule has 0 spiro atoms. The average molecular weight is 295 g/mol. The molecule has 0 unspecified atom stereocenters. The predicted molar refractivity (Wildman–Crippen MR) is 70.4 cm³/mol. The second-order valence-electron chi connectivity index (χ2n) is 3.62. The van der Waals surface area contributed by atoms with Crippen LogP contribution in [0, 0.1) is 5.82 Å². The van der Waals surface area contributed by atoms with Crippen molar-refractivity contribution in [1.29, 1.82) is 0 Å². The lowest BCUT2D eigenvalue weighted by atomic mass is 10.1. The van der Waals surface area contributed by atoms with Crippen LogP contribution in [0.25, 0.3) is 0 Å². The zero-order chi connectivity index (χ0) is 12.1. The van der Waals surface area contributed by atoms with Crippen molar-refractivity contribution in [2.24, 2.45) is 0 Å². The lowest BCUT2D eigenvalue weighted by Crippen LogP contribution is -1.92. The van der Waals surface area contributed by atoms with Crippen molar-refractivity contribution in [3.8, 4) is 11.5 Å². The lowest BCUT2D eigenvalue weighted by molar-refractivity contribution is 0.441. The van der Waals surface area contributed by atoms with Crippen molar-refractivity contribution in [2.45, 2.75) is 6.42 Å². The molecule has 0 aliphatic carbocycles. The zero-order valence-electron chi connectivity index (χ0n) is 9.20. The Hall–Kier alpha value is -1.35. The van der Waals surface area contributed by atoms with Crippen LogP contribution in [0.3, 0.4) is 0 Å². The van der Waals surface area contributed by atoms with E-state index in [-0.39, 0.29) is 11.6 Å². The highest BCUT2D eigenvalue weighted by Crippen LogP contribution is 2.25. The van der Waals surface area contributed by atoms with Gasteiger partial charge in [-0.3, -0.25) is 0 Å². The molecule has 0 saturated heterocycles. The lowest BCUT2D eigenvalue weighted by Gasteiger charge is -2.08. The molecule has 17 heavy (non-hydrogen) atoms. The number of hydrogen-bond donors (Lipinski definition) is 0. The third kappa shape index (κ3) is 3.30. The highest BCUT2D eigenvalue weighted by molar-refractivity contribution is 9.09. The molecule has 0 aromatic heterocycles. The van der Waals surface area contributed by atoms with Crippen molar-refractivity contribution in [3.63, 3.8) is 0 Å². The van der Waals surface area contributed by atoms with Gasteiger partial charge in [0.05, 0.1) is 0 Å². The van der Waals surface area contributed by atoms with Gasteiger partial charge in [0.1, 0.15) is 5.75 Å². The Morgan fingerprint density at radius 2 is 1.82 bits per heavy atom. The van der Waals surface area contributed by atoms with E-state index < -0.39 is 0 Å². The van der Waals surface area contributed by atoms with Crippen LogP contribution in [0.1, 0.15) is 5.56 Å². The number of para-hydroxylation sites is 1. The first kappa shape index (κ1) is 12.1. The number of aryl methyl sites for hydroxylation is 1. The largest absolute Gasteiger partial charge is 0.454 e. The Balaban J connectivity index is 2.22. The minimum Gasteiger partial charge on any atom is -0.454 e. The maximum atomic E-state index is 13.6. The number of ether oxygens (including phenoxy) is 1. The molecule has 88 valence electrons. The van der Waals surface area contributed by atoms with Crippen LogP contribution in [0.4, 0.5) is 4.39 Å². The summed E-state index contributed by atoms with van der Waals surface area (Å²) in [6.07, 6.45) is 0.853. The molecular formula is C14H12BrFO. The standard InChI is InChI=1S/C14H12BrFO/c15-9-8-11-6-7-13(16)14(10-11)17-12-4-2-1-3-5-12/h1-7,10H,8-9H2. The van der Waals surface area contributed by atoms with E-state index in [1.54, 1.807) is 24.3 Å². The highest BCUT2D eigenvalue weighted by Gasteiger charge is 2.05. The van der Waals surface area contributed by atoms with E-state index in [1.807, 2.05) is 18.2 Å². The van der Waals surface area contributed by atoms with Gasteiger partial charge in [0.15, 0.2) is 11.6 Å². The van der Waals surface area contributed by atoms with Crippen LogP contribution >= 0.6 is 15.9 Å². The summed E-state index contributed by atoms with van der Waals surface area (Å²) in [5.41, 5.74) is 1.05. The third-order valence-corrected chi connectivity index (χ3v) is 2.75. The van der Waals surface area contributed by atoms with Crippen LogP contribution < -0.4 is 4.74 Å². The van der Waals surface area contributed by atoms with E-state index in [2.05, 4.69) is 15.9 Å². The number of halogens is 2. The van der Waals surface area contributed by atoms with Gasteiger partial charge in [0, 0.05) is 5.33 Å². The molecule has 0 radical (unpaired) electrons. The van der Waals surface area contributed by atoms with Crippen LogP contribution in [0.2, 0.25) is 0 Å². The van der Waals surface area contributed by atoms with Crippen molar-refractivity contribution < 1.29 is 9.13 Å². The number of alkyl halides is 1. The van der Waals surface area contributed by atoms with E-state index in [1.165, 1.54) is 6.07 Å². The Morgan fingerprint density at radius 1 is 1.06 bits per heavy atom. The molecule has 2 aromatic carbocycles. The molecular weight excluding hydrogens is 283 g/mol. The summed E-state index contributed by atoms with van der Waals surface area (Å²) in [7, 11) is 0. The van der Waals surface area contributed by atoms with Crippen molar-refractivity contribution in [3.05, 3.63) is 59.9 Å². The van der Waals surface area contributed by atoms with Gasteiger partial charge in [-0.2, -0.15) is 0 Å². The number of hydrogen-bond acceptors (Lipinski definition) is 1. The minimum absolute atomic E-state index is 0.273. The van der Waals surface area contributed by atoms with Gasteiger partial charge in [-0.25, -0.2) is 4.39 Å². The fourth-order valence-electron chi connectivity index (χ4n) is 1.51. The second kappa shape index (κ2) is 5.82. The molecule has 0 aliphatic heterocycles. The quantitative estimate of drug-likeness (QED) is 0.752. The molecule has 2 aromatic rings. The Kier molecular flexibility index (Phi) is 4.15. The van der Waals surface area contributed by atoms with E-state index in [4.69, 9.17) is 4.74 Å². The molecule has 2 rings (SSSR count). The molecule has 0 aliphatic rings. The first-order chi connectivity index (χ1) is 8.29. The second-order valence-corrected chi connectivity index (χ2v) is 4.41. The SMILES string of the molecule is Fc1ccc(CCBr)cc1Oc1ccccc1. The van der Waals surface area contributed by atoms with Crippen LogP contribution in [0.5, 0.6) is 11.5 Å². The topological polar surface area (TPSA) is 9.23 Å². The van der Waals surface area contributed by atoms with Crippen molar-refractivity contribution in [2.75, 3.05) is 5.33 Å². The summed E-state index contributed by atoms with van der Waals surface area (Å²) < 4.78 is 19.1. The number of benzene rings is 2. The van der Waals surface area contributed by atoms with Gasteiger partial charge >= 0.3 is 0 Å². The summed E-state index contributed by atoms with van der Waals surface area (Å²) in [6.45, 7) is 0. The van der Waals surface area contributed by atoms with Gasteiger partial charge in [0.2, 0.25) is 0 Å². The summed E-state index contributed by atoms with van der Waals surface area (Å²) in [5, 5.41) is 0.851. The number of rotatable bonds is 4. The summed E-state index contributed by atoms with van der Waals surface area (Å²) in [6, 6.07) is 14.2. The fraction of sp³-hybridized carbons (Fsp3) is 0.143. The molecule has 0 amide bonds. The van der Waals surface area contributed by atoms with Crippen LogP contribution in [-0.4, -0.2) is 5.33 Å². The fourth-order valence-corrected chi connectivity index (χ4v) is 1.96. The monoisotopic (exact) mass is 294 g/mol. The van der Waals surface area contributed by atoms with E-state index in [0.29, 0.717) is 5.75 Å². The highest BCUT2D eigenvalue weighted by atomic mass is 79.9. The Bertz CT molecular complexity index is 485. The van der Waals surface area contributed by atoms with Gasteiger partial charge in [0.25, 0.3) is 0 Å². The molecule has 0 heterocycles. The molecule has 3 heteroatoms. The summed E-state index contributed by atoms with van der Waals surface area (Å²) in [5.74, 6) is 0.573. The Morgan fingerprint density at radius 3 is 2.53 bits per heavy atom.